The Kier molecular flexibility index (Phi) is 7.74. The number of carbonyl (C=O) groups excluding carboxylic acids is 1. The summed E-state index contributed by atoms with van der Waals surface area (Å²) in [5.74, 6) is -1.55. The standard InChI is InChI=1S/C17H24FNO3/c1-12(20)16(19)9-8-15(17(21)22)11-14-6-4-13(5-7-14)3-2-10-18/h4-7,15-16H,2-3,8-11,19H2,1H3,(H,21,22)/t15?,16-/m0/s1. The monoisotopic (exact) mass is 309 g/mol. The maximum Gasteiger partial charge on any atom is 0.306 e. The summed E-state index contributed by atoms with van der Waals surface area (Å²) in [7, 11) is 0. The minimum Gasteiger partial charge on any atom is -0.481 e. The molecule has 1 aromatic carbocycles. The summed E-state index contributed by atoms with van der Waals surface area (Å²) in [6.07, 6.45) is 2.34. The summed E-state index contributed by atoms with van der Waals surface area (Å²) >= 11 is 0. The Morgan fingerprint density at radius 2 is 1.77 bits per heavy atom. The highest BCUT2D eigenvalue weighted by molar-refractivity contribution is 5.81. The molecule has 1 rings (SSSR count). The number of carboxylic acids is 1. The number of nitrogens with two attached hydrogens (primary N) is 1. The molecule has 1 unspecified atom stereocenters. The topological polar surface area (TPSA) is 80.4 Å². The molecule has 122 valence electrons. The largest absolute Gasteiger partial charge is 0.481 e. The molecule has 0 heterocycles. The minimum atomic E-state index is -0.878. The first-order chi connectivity index (χ1) is 10.4. The number of carboxylic acid groups (broad SMARTS) is 1. The third-order valence-electron chi connectivity index (χ3n) is 3.80. The van der Waals surface area contributed by atoms with Crippen LogP contribution in [-0.4, -0.2) is 29.6 Å². The van der Waals surface area contributed by atoms with Gasteiger partial charge in [-0.05, 0) is 50.2 Å². The van der Waals surface area contributed by atoms with Gasteiger partial charge in [0.2, 0.25) is 0 Å². The fourth-order valence-electron chi connectivity index (χ4n) is 2.29. The van der Waals surface area contributed by atoms with Crippen molar-refractivity contribution >= 4 is 11.8 Å². The molecule has 3 N–H and O–H groups in total. The molecule has 4 nitrogen and oxygen atoms in total. The quantitative estimate of drug-likeness (QED) is 0.696. The Labute approximate surface area is 130 Å². The molecule has 0 saturated carbocycles. The van der Waals surface area contributed by atoms with Gasteiger partial charge in [-0.15, -0.1) is 0 Å². The van der Waals surface area contributed by atoms with Crippen molar-refractivity contribution in [1.82, 2.24) is 0 Å². The van der Waals surface area contributed by atoms with E-state index in [4.69, 9.17) is 5.73 Å². The van der Waals surface area contributed by atoms with Crippen molar-refractivity contribution in [3.05, 3.63) is 35.4 Å². The zero-order valence-electron chi connectivity index (χ0n) is 12.9. The first-order valence-electron chi connectivity index (χ1n) is 7.56. The van der Waals surface area contributed by atoms with Gasteiger partial charge in [-0.1, -0.05) is 24.3 Å². The van der Waals surface area contributed by atoms with E-state index in [-0.39, 0.29) is 12.5 Å². The van der Waals surface area contributed by atoms with E-state index in [1.165, 1.54) is 6.92 Å². The molecular formula is C17H24FNO3. The lowest BCUT2D eigenvalue weighted by Gasteiger charge is -2.15. The lowest BCUT2D eigenvalue weighted by atomic mass is 9.92. The second-order valence-corrected chi connectivity index (χ2v) is 5.64. The van der Waals surface area contributed by atoms with Crippen molar-refractivity contribution in [3.8, 4) is 0 Å². The fraction of sp³-hybridized carbons (Fsp3) is 0.529. The number of hydrogen-bond acceptors (Lipinski definition) is 3. The first-order valence-corrected chi connectivity index (χ1v) is 7.56. The molecule has 0 spiro atoms. The second kappa shape index (κ2) is 9.30. The Bertz CT molecular complexity index is 487. The van der Waals surface area contributed by atoms with Crippen molar-refractivity contribution < 1.29 is 19.1 Å². The molecule has 22 heavy (non-hydrogen) atoms. The zero-order chi connectivity index (χ0) is 16.5. The van der Waals surface area contributed by atoms with Crippen LogP contribution in [-0.2, 0) is 22.4 Å². The molecule has 0 aliphatic rings. The van der Waals surface area contributed by atoms with Crippen LogP contribution >= 0.6 is 0 Å². The highest BCUT2D eigenvalue weighted by atomic mass is 19.1. The van der Waals surface area contributed by atoms with Gasteiger partial charge in [-0.3, -0.25) is 14.0 Å². The lowest BCUT2D eigenvalue weighted by Crippen LogP contribution is -2.30. The van der Waals surface area contributed by atoms with Crippen LogP contribution in [0.3, 0.4) is 0 Å². The summed E-state index contributed by atoms with van der Waals surface area (Å²) < 4.78 is 12.1. The average Bonchev–Trinajstić information content (AvgIpc) is 2.49. The molecule has 0 fully saturated rings. The normalized spacial score (nSPS) is 13.6. The van der Waals surface area contributed by atoms with Crippen LogP contribution in [0.25, 0.3) is 0 Å². The lowest BCUT2D eigenvalue weighted by molar-refractivity contribution is -0.142. The molecule has 5 heteroatoms. The van der Waals surface area contributed by atoms with E-state index in [1.807, 2.05) is 24.3 Å². The number of carbonyl (C=O) groups is 2. The van der Waals surface area contributed by atoms with Crippen molar-refractivity contribution in [1.29, 1.82) is 0 Å². The third-order valence-corrected chi connectivity index (χ3v) is 3.80. The van der Waals surface area contributed by atoms with Gasteiger partial charge in [0.05, 0.1) is 18.6 Å². The van der Waals surface area contributed by atoms with Crippen LogP contribution in [0.2, 0.25) is 0 Å². The number of aliphatic carboxylic acids is 1. The fourth-order valence-corrected chi connectivity index (χ4v) is 2.29. The van der Waals surface area contributed by atoms with Crippen LogP contribution < -0.4 is 5.73 Å². The molecule has 0 aliphatic carbocycles. The van der Waals surface area contributed by atoms with Crippen LogP contribution in [0, 0.1) is 5.92 Å². The smallest absolute Gasteiger partial charge is 0.306 e. The van der Waals surface area contributed by atoms with E-state index >= 15 is 0 Å². The molecule has 2 atom stereocenters. The van der Waals surface area contributed by atoms with Crippen LogP contribution in [0.1, 0.15) is 37.3 Å². The van der Waals surface area contributed by atoms with Gasteiger partial charge in [-0.25, -0.2) is 0 Å². The molecule has 1 aromatic rings. The Morgan fingerprint density at radius 3 is 2.27 bits per heavy atom. The number of alkyl halides is 1. The van der Waals surface area contributed by atoms with Crippen molar-refractivity contribution in [2.24, 2.45) is 11.7 Å². The number of ketones is 1. The Balaban J connectivity index is 2.59. The summed E-state index contributed by atoms with van der Waals surface area (Å²) in [6.45, 7) is 1.08. The highest BCUT2D eigenvalue weighted by Gasteiger charge is 2.20. The predicted molar refractivity (Wildman–Crippen MR) is 83.5 cm³/mol. The average molecular weight is 309 g/mol. The maximum atomic E-state index is 12.1. The summed E-state index contributed by atoms with van der Waals surface area (Å²) in [4.78, 5) is 22.4. The third kappa shape index (κ3) is 6.35. The van der Waals surface area contributed by atoms with Crippen molar-refractivity contribution in [3.63, 3.8) is 0 Å². The SMILES string of the molecule is CC(=O)[C@@H](N)CCC(Cc1ccc(CCCF)cc1)C(=O)O. The molecule has 0 aromatic heterocycles. The number of hydrogen-bond donors (Lipinski definition) is 2. The van der Waals surface area contributed by atoms with E-state index in [9.17, 15) is 19.1 Å². The van der Waals surface area contributed by atoms with E-state index < -0.39 is 17.9 Å². The minimum absolute atomic E-state index is 0.124. The van der Waals surface area contributed by atoms with Gasteiger partial charge in [0, 0.05) is 0 Å². The van der Waals surface area contributed by atoms with Gasteiger partial charge in [0.15, 0.2) is 0 Å². The van der Waals surface area contributed by atoms with Crippen molar-refractivity contribution in [2.75, 3.05) is 6.67 Å². The van der Waals surface area contributed by atoms with Crippen LogP contribution in [0.15, 0.2) is 24.3 Å². The van der Waals surface area contributed by atoms with Gasteiger partial charge in [0.1, 0.15) is 5.78 Å². The van der Waals surface area contributed by atoms with E-state index in [0.717, 1.165) is 11.1 Å². The maximum absolute atomic E-state index is 12.1. The van der Waals surface area contributed by atoms with Crippen LogP contribution in [0.4, 0.5) is 4.39 Å². The van der Waals surface area contributed by atoms with Gasteiger partial charge < -0.3 is 10.8 Å². The molecule has 0 amide bonds. The summed E-state index contributed by atoms with van der Waals surface area (Å²) in [6, 6.07) is 6.99. The van der Waals surface area contributed by atoms with Gasteiger partial charge in [0.25, 0.3) is 0 Å². The molecule has 0 radical (unpaired) electrons. The molecular weight excluding hydrogens is 285 g/mol. The Morgan fingerprint density at radius 1 is 1.18 bits per heavy atom. The zero-order valence-corrected chi connectivity index (χ0v) is 12.9. The number of halogens is 1. The van der Waals surface area contributed by atoms with E-state index in [2.05, 4.69) is 0 Å². The van der Waals surface area contributed by atoms with Crippen LogP contribution in [0.5, 0.6) is 0 Å². The molecule has 0 aliphatic heterocycles. The molecule has 0 bridgehead atoms. The summed E-state index contributed by atoms with van der Waals surface area (Å²) in [5.41, 5.74) is 7.62. The number of Topliss-reactive ketones (excluding diaryl/α,β-unsaturated/α-hetero) is 1. The predicted octanol–water partition coefficient (Wildman–Crippen LogP) is 2.53. The highest BCUT2D eigenvalue weighted by Crippen LogP contribution is 2.17. The van der Waals surface area contributed by atoms with Gasteiger partial charge in [-0.2, -0.15) is 0 Å². The Hall–Kier alpha value is -1.75. The van der Waals surface area contributed by atoms with Gasteiger partial charge >= 0.3 is 5.97 Å². The number of benzene rings is 1. The van der Waals surface area contributed by atoms with E-state index in [1.54, 1.807) is 0 Å². The number of rotatable bonds is 10. The van der Waals surface area contributed by atoms with E-state index in [0.29, 0.717) is 32.1 Å². The first kappa shape index (κ1) is 18.3. The summed E-state index contributed by atoms with van der Waals surface area (Å²) in [5, 5.41) is 9.29. The molecule has 0 saturated heterocycles. The second-order valence-electron chi connectivity index (χ2n) is 5.64. The van der Waals surface area contributed by atoms with Crippen molar-refractivity contribution in [2.45, 2.75) is 45.1 Å². The number of aryl methyl sites for hydroxylation is 1.